The van der Waals surface area contributed by atoms with Crippen molar-refractivity contribution in [1.82, 2.24) is 9.97 Å². The molecule has 0 saturated carbocycles. The van der Waals surface area contributed by atoms with Crippen LogP contribution < -0.4 is 10.2 Å². The number of aromatic nitrogens is 2. The lowest BCUT2D eigenvalue weighted by Gasteiger charge is -2.29. The van der Waals surface area contributed by atoms with Crippen LogP contribution in [0.3, 0.4) is 0 Å². The van der Waals surface area contributed by atoms with Gasteiger partial charge in [0.05, 0.1) is 0 Å². The number of nitrogens with zero attached hydrogens (tertiary/aromatic N) is 3. The third-order valence-electron chi connectivity index (χ3n) is 3.54. The van der Waals surface area contributed by atoms with Crippen molar-refractivity contribution in [2.24, 2.45) is 0 Å². The van der Waals surface area contributed by atoms with Gasteiger partial charge >= 0.3 is 0 Å². The molecule has 2 aromatic rings. The Morgan fingerprint density at radius 2 is 1.95 bits per heavy atom. The van der Waals surface area contributed by atoms with Gasteiger partial charge in [-0.05, 0) is 31.4 Å². The normalized spacial score (nSPS) is 14.2. The third kappa shape index (κ3) is 2.74. The topological polar surface area (TPSA) is 41.0 Å². The van der Waals surface area contributed by atoms with Gasteiger partial charge < -0.3 is 10.2 Å². The molecular weight excluding hydrogens is 248 g/mol. The molecule has 1 N–H and O–H groups in total. The van der Waals surface area contributed by atoms with Gasteiger partial charge in [0.2, 0.25) is 0 Å². The molecule has 0 fully saturated rings. The summed E-state index contributed by atoms with van der Waals surface area (Å²) in [5.74, 6) is 1.89. The first-order valence-corrected chi connectivity index (χ1v) is 7.12. The summed E-state index contributed by atoms with van der Waals surface area (Å²) in [6.45, 7) is 6.15. The molecule has 20 heavy (non-hydrogen) atoms. The van der Waals surface area contributed by atoms with Crippen LogP contribution in [0.25, 0.3) is 0 Å². The monoisotopic (exact) mass is 268 g/mol. The van der Waals surface area contributed by atoms with Crippen molar-refractivity contribution in [3.8, 4) is 0 Å². The predicted octanol–water partition coefficient (Wildman–Crippen LogP) is 2.86. The molecule has 1 aromatic carbocycles. The largest absolute Gasteiger partial charge is 0.368 e. The predicted molar refractivity (Wildman–Crippen MR) is 82.0 cm³/mol. The minimum Gasteiger partial charge on any atom is -0.368 e. The van der Waals surface area contributed by atoms with Crippen LogP contribution in [0, 0.1) is 0 Å². The first-order chi connectivity index (χ1) is 9.72. The van der Waals surface area contributed by atoms with Crippen molar-refractivity contribution in [2.45, 2.75) is 32.9 Å². The zero-order valence-corrected chi connectivity index (χ0v) is 12.0. The maximum atomic E-state index is 4.42. The molecule has 0 amide bonds. The van der Waals surface area contributed by atoms with Crippen LogP contribution in [0.2, 0.25) is 0 Å². The van der Waals surface area contributed by atoms with Crippen LogP contribution in [0.1, 0.15) is 25.0 Å². The molecule has 0 saturated heterocycles. The standard InChI is InChI=1S/C16H20N4/c1-12(2)19-15-9-16(18-11-17-15)20-8-7-13-5-3-4-6-14(13)10-20/h3-6,9,11-12H,7-8,10H2,1-2H3,(H,17,18,19). The molecule has 104 valence electrons. The minimum absolute atomic E-state index is 0.375. The van der Waals surface area contributed by atoms with E-state index in [9.17, 15) is 0 Å². The summed E-state index contributed by atoms with van der Waals surface area (Å²) in [6, 6.07) is 11.1. The van der Waals surface area contributed by atoms with E-state index in [1.54, 1.807) is 6.33 Å². The fourth-order valence-corrected chi connectivity index (χ4v) is 2.59. The molecule has 0 aliphatic carbocycles. The van der Waals surface area contributed by atoms with Crippen molar-refractivity contribution >= 4 is 11.6 Å². The Morgan fingerprint density at radius 3 is 2.75 bits per heavy atom. The fraction of sp³-hybridized carbons (Fsp3) is 0.375. The third-order valence-corrected chi connectivity index (χ3v) is 3.54. The zero-order chi connectivity index (χ0) is 13.9. The second-order valence-corrected chi connectivity index (χ2v) is 5.50. The van der Waals surface area contributed by atoms with Crippen molar-refractivity contribution in [2.75, 3.05) is 16.8 Å². The summed E-state index contributed by atoms with van der Waals surface area (Å²) in [6.07, 6.45) is 2.72. The van der Waals surface area contributed by atoms with E-state index in [4.69, 9.17) is 0 Å². The van der Waals surface area contributed by atoms with Crippen LogP contribution in [0.4, 0.5) is 11.6 Å². The minimum atomic E-state index is 0.375. The summed E-state index contributed by atoms with van der Waals surface area (Å²) < 4.78 is 0. The Labute approximate surface area is 119 Å². The number of rotatable bonds is 3. The summed E-state index contributed by atoms with van der Waals surface area (Å²) in [7, 11) is 0. The van der Waals surface area contributed by atoms with Gasteiger partial charge in [0.1, 0.15) is 18.0 Å². The Kier molecular flexibility index (Phi) is 3.54. The number of fused-ring (bicyclic) bond motifs is 1. The van der Waals surface area contributed by atoms with E-state index in [0.717, 1.165) is 31.1 Å². The van der Waals surface area contributed by atoms with E-state index < -0.39 is 0 Å². The molecule has 1 aliphatic rings. The Balaban J connectivity index is 1.81. The first-order valence-electron chi connectivity index (χ1n) is 7.12. The SMILES string of the molecule is CC(C)Nc1cc(N2CCc3ccccc3C2)ncn1. The molecule has 0 spiro atoms. The highest BCUT2D eigenvalue weighted by molar-refractivity contribution is 5.50. The molecular formula is C16H20N4. The van der Waals surface area contributed by atoms with Gasteiger partial charge in [-0.25, -0.2) is 9.97 Å². The second-order valence-electron chi connectivity index (χ2n) is 5.50. The second kappa shape index (κ2) is 5.49. The molecule has 2 heterocycles. The first kappa shape index (κ1) is 12.9. The Bertz CT molecular complexity index is 595. The van der Waals surface area contributed by atoms with E-state index in [1.807, 2.05) is 6.07 Å². The smallest absolute Gasteiger partial charge is 0.134 e. The van der Waals surface area contributed by atoms with E-state index in [0.29, 0.717) is 6.04 Å². The summed E-state index contributed by atoms with van der Waals surface area (Å²) in [5.41, 5.74) is 2.86. The molecule has 0 radical (unpaired) electrons. The van der Waals surface area contributed by atoms with E-state index in [1.165, 1.54) is 11.1 Å². The van der Waals surface area contributed by atoms with Crippen molar-refractivity contribution < 1.29 is 0 Å². The highest BCUT2D eigenvalue weighted by atomic mass is 15.2. The quantitative estimate of drug-likeness (QED) is 0.929. The summed E-state index contributed by atoms with van der Waals surface area (Å²) in [5, 5.41) is 3.33. The zero-order valence-electron chi connectivity index (χ0n) is 12.0. The number of anilines is 2. The number of hydrogen-bond donors (Lipinski definition) is 1. The van der Waals surface area contributed by atoms with Crippen LogP contribution in [-0.4, -0.2) is 22.6 Å². The van der Waals surface area contributed by atoms with Gasteiger partial charge in [-0.3, -0.25) is 0 Å². The molecule has 1 aliphatic heterocycles. The number of benzene rings is 1. The Morgan fingerprint density at radius 1 is 1.15 bits per heavy atom. The lowest BCUT2D eigenvalue weighted by atomic mass is 10.00. The lowest BCUT2D eigenvalue weighted by Crippen LogP contribution is -2.31. The summed E-state index contributed by atoms with van der Waals surface area (Å²) >= 11 is 0. The fourth-order valence-electron chi connectivity index (χ4n) is 2.59. The van der Waals surface area contributed by atoms with Crippen LogP contribution >= 0.6 is 0 Å². The van der Waals surface area contributed by atoms with Crippen LogP contribution in [0.5, 0.6) is 0 Å². The molecule has 4 heteroatoms. The maximum absolute atomic E-state index is 4.42. The van der Waals surface area contributed by atoms with E-state index in [-0.39, 0.29) is 0 Å². The van der Waals surface area contributed by atoms with Gasteiger partial charge in [-0.15, -0.1) is 0 Å². The van der Waals surface area contributed by atoms with Crippen molar-refractivity contribution in [1.29, 1.82) is 0 Å². The maximum Gasteiger partial charge on any atom is 0.134 e. The molecule has 1 aromatic heterocycles. The lowest BCUT2D eigenvalue weighted by molar-refractivity contribution is 0.719. The summed E-state index contributed by atoms with van der Waals surface area (Å²) in [4.78, 5) is 11.0. The molecule has 0 unspecified atom stereocenters. The molecule has 0 bridgehead atoms. The van der Waals surface area contributed by atoms with Gasteiger partial charge in [0, 0.05) is 25.2 Å². The Hall–Kier alpha value is -2.10. The molecule has 3 rings (SSSR count). The molecule has 4 nitrogen and oxygen atoms in total. The number of hydrogen-bond acceptors (Lipinski definition) is 4. The van der Waals surface area contributed by atoms with E-state index >= 15 is 0 Å². The van der Waals surface area contributed by atoms with Gasteiger partial charge in [0.15, 0.2) is 0 Å². The van der Waals surface area contributed by atoms with Gasteiger partial charge in [-0.1, -0.05) is 24.3 Å². The van der Waals surface area contributed by atoms with Crippen LogP contribution in [0.15, 0.2) is 36.7 Å². The van der Waals surface area contributed by atoms with Crippen molar-refractivity contribution in [3.05, 3.63) is 47.8 Å². The average Bonchev–Trinajstić information content (AvgIpc) is 2.46. The highest BCUT2D eigenvalue weighted by Crippen LogP contribution is 2.23. The van der Waals surface area contributed by atoms with Gasteiger partial charge in [0.25, 0.3) is 0 Å². The van der Waals surface area contributed by atoms with Crippen molar-refractivity contribution in [3.63, 3.8) is 0 Å². The highest BCUT2D eigenvalue weighted by Gasteiger charge is 2.17. The van der Waals surface area contributed by atoms with Crippen LogP contribution in [-0.2, 0) is 13.0 Å². The average molecular weight is 268 g/mol. The molecule has 0 atom stereocenters. The number of nitrogens with one attached hydrogen (secondary N) is 1. The van der Waals surface area contributed by atoms with E-state index in [2.05, 4.69) is 58.3 Å². The van der Waals surface area contributed by atoms with Gasteiger partial charge in [-0.2, -0.15) is 0 Å².